The Morgan fingerprint density at radius 2 is 2.24 bits per heavy atom. The van der Waals surface area contributed by atoms with Crippen LogP contribution in [0.2, 0.25) is 5.02 Å². The first-order chi connectivity index (χ1) is 10.1. The number of pyridine rings is 1. The SMILES string of the molecule is Nc1ccc(Cl)cc1NC(=O)CCSc1ncccc1Br. The highest BCUT2D eigenvalue weighted by molar-refractivity contribution is 9.10. The summed E-state index contributed by atoms with van der Waals surface area (Å²) < 4.78 is 0.925. The molecule has 0 bridgehead atoms. The molecule has 110 valence electrons. The second-order valence-corrected chi connectivity index (χ2v) is 6.54. The van der Waals surface area contributed by atoms with E-state index in [9.17, 15) is 4.79 Å². The predicted octanol–water partition coefficient (Wildman–Crippen LogP) is 4.20. The van der Waals surface area contributed by atoms with E-state index in [1.54, 1.807) is 24.4 Å². The third-order valence-corrected chi connectivity index (χ3v) is 4.73. The zero-order valence-electron chi connectivity index (χ0n) is 11.0. The quantitative estimate of drug-likeness (QED) is 0.597. The lowest BCUT2D eigenvalue weighted by atomic mass is 10.2. The lowest BCUT2D eigenvalue weighted by Gasteiger charge is -2.08. The highest BCUT2D eigenvalue weighted by Crippen LogP contribution is 2.26. The van der Waals surface area contributed by atoms with Gasteiger partial charge in [-0.3, -0.25) is 4.79 Å². The summed E-state index contributed by atoms with van der Waals surface area (Å²) in [5, 5.41) is 4.16. The summed E-state index contributed by atoms with van der Waals surface area (Å²) in [5.74, 6) is 0.519. The summed E-state index contributed by atoms with van der Waals surface area (Å²) in [4.78, 5) is 16.1. The number of rotatable bonds is 5. The monoisotopic (exact) mass is 385 g/mol. The third kappa shape index (κ3) is 4.91. The van der Waals surface area contributed by atoms with Gasteiger partial charge in [-0.25, -0.2) is 4.98 Å². The molecular formula is C14H13BrClN3OS. The summed E-state index contributed by atoms with van der Waals surface area (Å²) in [5.41, 5.74) is 6.81. The van der Waals surface area contributed by atoms with E-state index in [1.165, 1.54) is 11.8 Å². The van der Waals surface area contributed by atoms with Crippen LogP contribution >= 0.6 is 39.3 Å². The molecule has 21 heavy (non-hydrogen) atoms. The van der Waals surface area contributed by atoms with Crippen LogP contribution in [-0.4, -0.2) is 16.6 Å². The fourth-order valence-corrected chi connectivity index (χ4v) is 3.16. The van der Waals surface area contributed by atoms with Gasteiger partial charge in [0, 0.05) is 27.9 Å². The normalized spacial score (nSPS) is 10.4. The van der Waals surface area contributed by atoms with Gasteiger partial charge in [0.2, 0.25) is 5.91 Å². The minimum absolute atomic E-state index is 0.108. The van der Waals surface area contributed by atoms with Crippen LogP contribution in [0.1, 0.15) is 6.42 Å². The first-order valence-corrected chi connectivity index (χ1v) is 8.30. The van der Waals surface area contributed by atoms with Gasteiger partial charge in [-0.15, -0.1) is 11.8 Å². The van der Waals surface area contributed by atoms with E-state index in [0.717, 1.165) is 9.50 Å². The molecule has 0 fully saturated rings. The molecule has 0 unspecified atom stereocenters. The molecule has 0 saturated heterocycles. The largest absolute Gasteiger partial charge is 0.397 e. The minimum atomic E-state index is -0.108. The fraction of sp³-hybridized carbons (Fsp3) is 0.143. The Morgan fingerprint density at radius 3 is 3.00 bits per heavy atom. The van der Waals surface area contributed by atoms with Crippen LogP contribution < -0.4 is 11.1 Å². The highest BCUT2D eigenvalue weighted by Gasteiger charge is 2.07. The van der Waals surface area contributed by atoms with Crippen LogP contribution in [0.3, 0.4) is 0 Å². The Labute approximate surface area is 140 Å². The third-order valence-electron chi connectivity index (χ3n) is 2.58. The number of carbonyl (C=O) groups is 1. The molecule has 0 radical (unpaired) electrons. The smallest absolute Gasteiger partial charge is 0.225 e. The Balaban J connectivity index is 1.85. The Morgan fingerprint density at radius 1 is 1.43 bits per heavy atom. The van der Waals surface area contributed by atoms with Crippen LogP contribution in [0.4, 0.5) is 11.4 Å². The number of hydrogen-bond acceptors (Lipinski definition) is 4. The van der Waals surface area contributed by atoms with Gasteiger partial charge in [0.1, 0.15) is 5.03 Å². The number of carbonyl (C=O) groups excluding carboxylic acids is 1. The molecule has 1 amide bonds. The molecule has 3 N–H and O–H groups in total. The van der Waals surface area contributed by atoms with E-state index in [4.69, 9.17) is 17.3 Å². The van der Waals surface area contributed by atoms with Gasteiger partial charge in [-0.2, -0.15) is 0 Å². The van der Waals surface area contributed by atoms with Gasteiger partial charge in [-0.05, 0) is 46.3 Å². The van der Waals surface area contributed by atoms with Crippen molar-refractivity contribution >= 4 is 56.6 Å². The van der Waals surface area contributed by atoms with Crippen LogP contribution in [0.5, 0.6) is 0 Å². The number of aromatic nitrogens is 1. The van der Waals surface area contributed by atoms with E-state index >= 15 is 0 Å². The maximum Gasteiger partial charge on any atom is 0.225 e. The van der Waals surface area contributed by atoms with Crippen LogP contribution in [0.15, 0.2) is 46.0 Å². The summed E-state index contributed by atoms with van der Waals surface area (Å²) >= 11 is 10.8. The number of nitrogens with zero attached hydrogens (tertiary/aromatic N) is 1. The molecule has 1 heterocycles. The summed E-state index contributed by atoms with van der Waals surface area (Å²) in [6.45, 7) is 0. The molecule has 0 saturated carbocycles. The lowest BCUT2D eigenvalue weighted by Crippen LogP contribution is -2.13. The van der Waals surface area contributed by atoms with Gasteiger partial charge < -0.3 is 11.1 Å². The summed E-state index contributed by atoms with van der Waals surface area (Å²) in [6.07, 6.45) is 2.08. The number of amides is 1. The highest BCUT2D eigenvalue weighted by atomic mass is 79.9. The fourth-order valence-electron chi connectivity index (χ4n) is 1.57. The van der Waals surface area contributed by atoms with E-state index in [0.29, 0.717) is 28.6 Å². The summed E-state index contributed by atoms with van der Waals surface area (Å²) in [7, 11) is 0. The number of halogens is 2. The van der Waals surface area contributed by atoms with E-state index in [1.807, 2.05) is 12.1 Å². The molecule has 1 aromatic heterocycles. The van der Waals surface area contributed by atoms with Gasteiger partial charge in [0.05, 0.1) is 11.4 Å². The lowest BCUT2D eigenvalue weighted by molar-refractivity contribution is -0.115. The number of thioether (sulfide) groups is 1. The van der Waals surface area contributed by atoms with Gasteiger partial charge in [0.25, 0.3) is 0 Å². The first-order valence-electron chi connectivity index (χ1n) is 6.14. The minimum Gasteiger partial charge on any atom is -0.397 e. The van der Waals surface area contributed by atoms with Crippen molar-refractivity contribution in [1.29, 1.82) is 0 Å². The van der Waals surface area contributed by atoms with Crippen molar-refractivity contribution < 1.29 is 4.79 Å². The zero-order valence-corrected chi connectivity index (χ0v) is 14.1. The Hall–Kier alpha value is -1.24. The Bertz CT molecular complexity index is 654. The number of nitrogen functional groups attached to an aromatic ring is 1. The first kappa shape index (κ1) is 16.1. The van der Waals surface area contributed by atoms with Crippen LogP contribution in [-0.2, 0) is 4.79 Å². The molecule has 2 aromatic rings. The van der Waals surface area contributed by atoms with Crippen LogP contribution in [0.25, 0.3) is 0 Å². The number of benzene rings is 1. The van der Waals surface area contributed by atoms with E-state index < -0.39 is 0 Å². The maximum atomic E-state index is 11.9. The van der Waals surface area contributed by atoms with Crippen molar-refractivity contribution in [2.45, 2.75) is 11.4 Å². The summed E-state index contributed by atoms with van der Waals surface area (Å²) in [6, 6.07) is 8.75. The number of nitrogens with one attached hydrogen (secondary N) is 1. The number of nitrogens with two attached hydrogens (primary N) is 1. The van der Waals surface area contributed by atoms with Crippen molar-refractivity contribution in [2.75, 3.05) is 16.8 Å². The molecule has 0 atom stereocenters. The molecule has 4 nitrogen and oxygen atoms in total. The average Bonchev–Trinajstić information content (AvgIpc) is 2.45. The number of hydrogen-bond donors (Lipinski definition) is 2. The molecule has 0 aliphatic carbocycles. The van der Waals surface area contributed by atoms with Gasteiger partial charge in [0.15, 0.2) is 0 Å². The van der Waals surface area contributed by atoms with Crippen molar-refractivity contribution in [1.82, 2.24) is 4.98 Å². The molecule has 2 rings (SSSR count). The van der Waals surface area contributed by atoms with Crippen molar-refractivity contribution in [3.8, 4) is 0 Å². The second kappa shape index (κ2) is 7.68. The molecule has 1 aromatic carbocycles. The van der Waals surface area contributed by atoms with E-state index in [2.05, 4.69) is 26.2 Å². The average molecular weight is 387 g/mol. The van der Waals surface area contributed by atoms with Crippen molar-refractivity contribution in [2.24, 2.45) is 0 Å². The van der Waals surface area contributed by atoms with Gasteiger partial charge in [-0.1, -0.05) is 11.6 Å². The standard InChI is InChI=1S/C14H13BrClN3OS/c15-10-2-1-6-18-14(10)21-7-5-13(20)19-12-8-9(16)3-4-11(12)17/h1-4,6,8H,5,7,17H2,(H,19,20). The van der Waals surface area contributed by atoms with Crippen molar-refractivity contribution in [3.05, 3.63) is 46.0 Å². The zero-order chi connectivity index (χ0) is 15.2. The molecule has 0 aliphatic heterocycles. The topological polar surface area (TPSA) is 68.0 Å². The molecule has 7 heteroatoms. The molecule has 0 aliphatic rings. The van der Waals surface area contributed by atoms with Crippen LogP contribution in [0, 0.1) is 0 Å². The molecular weight excluding hydrogens is 374 g/mol. The van der Waals surface area contributed by atoms with E-state index in [-0.39, 0.29) is 5.91 Å². The van der Waals surface area contributed by atoms with Crippen molar-refractivity contribution in [3.63, 3.8) is 0 Å². The maximum absolute atomic E-state index is 11.9. The second-order valence-electron chi connectivity index (χ2n) is 4.17. The van der Waals surface area contributed by atoms with Gasteiger partial charge >= 0.3 is 0 Å². The number of anilines is 2. The Kier molecular flexibility index (Phi) is 5.90. The molecule has 0 spiro atoms. The predicted molar refractivity (Wildman–Crippen MR) is 91.8 cm³/mol.